The lowest BCUT2D eigenvalue weighted by atomic mass is 10.2. The molecule has 1 aromatic carbocycles. The van der Waals surface area contributed by atoms with Gasteiger partial charge in [-0.1, -0.05) is 12.1 Å². The molecule has 0 saturated heterocycles. The molecule has 0 saturated carbocycles. The maximum Gasteiger partial charge on any atom is 0.262 e. The van der Waals surface area contributed by atoms with Crippen molar-refractivity contribution in [1.29, 1.82) is 0 Å². The van der Waals surface area contributed by atoms with Gasteiger partial charge < -0.3 is 15.8 Å². The molecule has 0 fully saturated rings. The summed E-state index contributed by atoms with van der Waals surface area (Å²) < 4.78 is 5.35. The van der Waals surface area contributed by atoms with Crippen molar-refractivity contribution >= 4 is 11.6 Å². The van der Waals surface area contributed by atoms with Crippen molar-refractivity contribution in [3.63, 3.8) is 0 Å². The predicted molar refractivity (Wildman–Crippen MR) is 77.4 cm³/mol. The Kier molecular flexibility index (Phi) is 4.68. The van der Waals surface area contributed by atoms with E-state index in [1.165, 1.54) is 0 Å². The first-order chi connectivity index (χ1) is 9.67. The Morgan fingerprint density at radius 3 is 2.90 bits per heavy atom. The van der Waals surface area contributed by atoms with E-state index < -0.39 is 0 Å². The molecule has 0 aliphatic heterocycles. The topological polar surface area (TPSA) is 77.2 Å². The van der Waals surface area contributed by atoms with Crippen LogP contribution in [0, 0.1) is 6.92 Å². The fourth-order valence-corrected chi connectivity index (χ4v) is 1.66. The highest BCUT2D eigenvalue weighted by Gasteiger charge is 2.04. The smallest absolute Gasteiger partial charge is 0.262 e. The van der Waals surface area contributed by atoms with Crippen molar-refractivity contribution in [2.45, 2.75) is 13.5 Å². The first-order valence-electron chi connectivity index (χ1n) is 6.31. The molecule has 5 heteroatoms. The largest absolute Gasteiger partial charge is 0.482 e. The van der Waals surface area contributed by atoms with E-state index in [2.05, 4.69) is 10.3 Å². The van der Waals surface area contributed by atoms with Gasteiger partial charge in [-0.25, -0.2) is 0 Å². The Hall–Kier alpha value is -2.40. The van der Waals surface area contributed by atoms with E-state index in [0.717, 1.165) is 11.3 Å². The average Bonchev–Trinajstić information content (AvgIpc) is 2.47. The predicted octanol–water partition coefficient (Wildman–Crippen LogP) is 1.87. The summed E-state index contributed by atoms with van der Waals surface area (Å²) in [5.41, 5.74) is 8.13. The molecule has 104 valence electrons. The lowest BCUT2D eigenvalue weighted by molar-refractivity contribution is -0.118. The number of aromatic nitrogens is 1. The second kappa shape index (κ2) is 6.68. The van der Waals surface area contributed by atoms with Gasteiger partial charge in [-0.15, -0.1) is 0 Å². The maximum absolute atomic E-state index is 11.8. The minimum absolute atomic E-state index is 0.0579. The number of carbonyl (C=O) groups is 1. The van der Waals surface area contributed by atoms with Crippen molar-refractivity contribution in [3.8, 4) is 5.75 Å². The van der Waals surface area contributed by atoms with Gasteiger partial charge in [0.15, 0.2) is 6.61 Å². The summed E-state index contributed by atoms with van der Waals surface area (Å²) in [6, 6.07) is 11.0. The number of amides is 1. The van der Waals surface area contributed by atoms with Gasteiger partial charge >= 0.3 is 0 Å². The van der Waals surface area contributed by atoms with E-state index in [1.807, 2.05) is 37.3 Å². The number of anilines is 1. The zero-order chi connectivity index (χ0) is 14.4. The quantitative estimate of drug-likeness (QED) is 0.870. The molecule has 0 aliphatic rings. The molecule has 0 spiro atoms. The second-order valence-corrected chi connectivity index (χ2v) is 4.38. The lowest BCUT2D eigenvalue weighted by Crippen LogP contribution is -2.20. The van der Waals surface area contributed by atoms with E-state index in [0.29, 0.717) is 18.0 Å². The van der Waals surface area contributed by atoms with E-state index in [-0.39, 0.29) is 12.5 Å². The number of aryl methyl sites for hydroxylation is 1. The van der Waals surface area contributed by atoms with Gasteiger partial charge in [-0.05, 0) is 36.8 Å². The van der Waals surface area contributed by atoms with Crippen LogP contribution in [0.15, 0.2) is 42.6 Å². The van der Waals surface area contributed by atoms with Gasteiger partial charge in [0.2, 0.25) is 0 Å². The Labute approximate surface area is 117 Å². The van der Waals surface area contributed by atoms with Crippen molar-refractivity contribution in [3.05, 3.63) is 53.9 Å². The van der Waals surface area contributed by atoms with Crippen LogP contribution < -0.4 is 15.8 Å². The van der Waals surface area contributed by atoms with Gasteiger partial charge in [0.25, 0.3) is 5.91 Å². The van der Waals surface area contributed by atoms with Crippen molar-refractivity contribution in [2.24, 2.45) is 5.73 Å². The third-order valence-corrected chi connectivity index (χ3v) is 2.70. The first kappa shape index (κ1) is 14.0. The molecule has 3 N–H and O–H groups in total. The number of ether oxygens (including phenoxy) is 1. The molecule has 1 aromatic heterocycles. The fraction of sp³-hybridized carbons (Fsp3) is 0.200. The third-order valence-electron chi connectivity index (χ3n) is 2.70. The van der Waals surface area contributed by atoms with Gasteiger partial charge in [0.05, 0.1) is 6.20 Å². The zero-order valence-electron chi connectivity index (χ0n) is 11.3. The first-order valence-corrected chi connectivity index (χ1v) is 6.31. The molecule has 2 rings (SSSR count). The van der Waals surface area contributed by atoms with Gasteiger partial charge in [0, 0.05) is 17.9 Å². The Morgan fingerprint density at radius 1 is 1.35 bits per heavy atom. The maximum atomic E-state index is 11.8. The summed E-state index contributed by atoms with van der Waals surface area (Å²) >= 11 is 0. The number of hydrogen-bond acceptors (Lipinski definition) is 4. The molecule has 0 aliphatic carbocycles. The molecule has 0 bridgehead atoms. The number of nitrogens with zero attached hydrogens (tertiary/aromatic N) is 1. The van der Waals surface area contributed by atoms with Crippen LogP contribution in [0.3, 0.4) is 0 Å². The Bertz CT molecular complexity index is 582. The summed E-state index contributed by atoms with van der Waals surface area (Å²) in [6.45, 7) is 2.27. The van der Waals surface area contributed by atoms with Crippen LogP contribution in [0.4, 0.5) is 5.69 Å². The third kappa shape index (κ3) is 4.07. The number of pyridine rings is 1. The number of benzene rings is 1. The molecule has 2 aromatic rings. The van der Waals surface area contributed by atoms with Crippen LogP contribution in [0.25, 0.3) is 0 Å². The minimum atomic E-state index is -0.222. The molecule has 5 nitrogen and oxygen atoms in total. The lowest BCUT2D eigenvalue weighted by Gasteiger charge is -2.08. The summed E-state index contributed by atoms with van der Waals surface area (Å²) in [5, 5.41) is 2.76. The monoisotopic (exact) mass is 271 g/mol. The SMILES string of the molecule is Cc1ccc(OCC(=O)Nc2cccc(CN)c2)cn1. The van der Waals surface area contributed by atoms with Gasteiger partial charge in [-0.3, -0.25) is 9.78 Å². The Balaban J connectivity index is 1.87. The van der Waals surface area contributed by atoms with Gasteiger partial charge in [0.1, 0.15) is 5.75 Å². The molecule has 20 heavy (non-hydrogen) atoms. The number of nitrogens with one attached hydrogen (secondary N) is 1. The van der Waals surface area contributed by atoms with E-state index in [1.54, 1.807) is 12.3 Å². The van der Waals surface area contributed by atoms with E-state index in [9.17, 15) is 4.79 Å². The normalized spacial score (nSPS) is 10.1. The highest BCUT2D eigenvalue weighted by Crippen LogP contribution is 2.11. The van der Waals surface area contributed by atoms with Crippen molar-refractivity contribution in [2.75, 3.05) is 11.9 Å². The molecule has 0 unspecified atom stereocenters. The van der Waals surface area contributed by atoms with Gasteiger partial charge in [-0.2, -0.15) is 0 Å². The number of carbonyl (C=O) groups excluding carboxylic acids is 1. The zero-order valence-corrected chi connectivity index (χ0v) is 11.3. The summed E-state index contributed by atoms with van der Waals surface area (Å²) in [6.07, 6.45) is 1.59. The van der Waals surface area contributed by atoms with Crippen LogP contribution in [0.5, 0.6) is 5.75 Å². The molecule has 0 atom stereocenters. The van der Waals surface area contributed by atoms with Crippen LogP contribution in [-0.2, 0) is 11.3 Å². The van der Waals surface area contributed by atoms with Crippen LogP contribution >= 0.6 is 0 Å². The number of hydrogen-bond donors (Lipinski definition) is 2. The second-order valence-electron chi connectivity index (χ2n) is 4.38. The fourth-order valence-electron chi connectivity index (χ4n) is 1.66. The molecule has 1 amide bonds. The van der Waals surface area contributed by atoms with E-state index in [4.69, 9.17) is 10.5 Å². The number of rotatable bonds is 5. The van der Waals surface area contributed by atoms with Crippen molar-refractivity contribution < 1.29 is 9.53 Å². The summed E-state index contributed by atoms with van der Waals surface area (Å²) in [4.78, 5) is 15.9. The van der Waals surface area contributed by atoms with E-state index >= 15 is 0 Å². The molecule has 1 heterocycles. The minimum Gasteiger partial charge on any atom is -0.482 e. The summed E-state index contributed by atoms with van der Waals surface area (Å²) in [7, 11) is 0. The number of nitrogens with two attached hydrogens (primary N) is 1. The van der Waals surface area contributed by atoms with Crippen LogP contribution in [0.1, 0.15) is 11.3 Å². The Morgan fingerprint density at radius 2 is 2.20 bits per heavy atom. The molecular weight excluding hydrogens is 254 g/mol. The summed E-state index contributed by atoms with van der Waals surface area (Å²) in [5.74, 6) is 0.348. The van der Waals surface area contributed by atoms with Crippen LogP contribution in [0.2, 0.25) is 0 Å². The molecule has 0 radical (unpaired) electrons. The average molecular weight is 271 g/mol. The highest BCUT2D eigenvalue weighted by molar-refractivity contribution is 5.91. The van der Waals surface area contributed by atoms with Crippen molar-refractivity contribution in [1.82, 2.24) is 4.98 Å². The van der Waals surface area contributed by atoms with Crippen LogP contribution in [-0.4, -0.2) is 17.5 Å². The molecular formula is C15H17N3O2. The highest BCUT2D eigenvalue weighted by atomic mass is 16.5. The standard InChI is InChI=1S/C15H17N3O2/c1-11-5-6-14(9-17-11)20-10-15(19)18-13-4-2-3-12(7-13)8-16/h2-7,9H,8,10,16H2,1H3,(H,18,19).